The second-order valence-corrected chi connectivity index (χ2v) is 15.9. The highest BCUT2D eigenvalue weighted by Crippen LogP contribution is 2.53. The van der Waals surface area contributed by atoms with Crippen molar-refractivity contribution in [3.05, 3.63) is 234 Å². The van der Waals surface area contributed by atoms with E-state index in [1.165, 1.54) is 66.2 Å². The molecule has 0 saturated heterocycles. The summed E-state index contributed by atoms with van der Waals surface area (Å²) in [6, 6.07) is 71.0. The minimum Gasteiger partial charge on any atom is -0.300 e. The van der Waals surface area contributed by atoms with E-state index >= 15 is 0 Å². The number of hydrogen-bond donors (Lipinski definition) is 1. The van der Waals surface area contributed by atoms with Gasteiger partial charge in [-0.15, -0.1) is 0 Å². The Hall–Kier alpha value is -7.42. The number of hydrogen-bond acceptors (Lipinski definition) is 2. The third-order valence-electron chi connectivity index (χ3n) is 12.0. The number of benzene rings is 9. The molecule has 0 radical (unpaired) electrons. The normalized spacial score (nSPS) is 13.2. The van der Waals surface area contributed by atoms with Gasteiger partial charge >= 0.3 is 0 Å². The molecule has 10 rings (SSSR count). The minimum atomic E-state index is -0.125. The summed E-state index contributed by atoms with van der Waals surface area (Å²) >= 11 is 0. The van der Waals surface area contributed by atoms with Crippen LogP contribution in [0, 0.1) is 5.41 Å². The van der Waals surface area contributed by atoms with Crippen LogP contribution in [0.2, 0.25) is 0 Å². The third-order valence-corrected chi connectivity index (χ3v) is 12.0. The largest absolute Gasteiger partial charge is 0.300 e. The Kier molecular flexibility index (Phi) is 9.03. The van der Waals surface area contributed by atoms with Crippen molar-refractivity contribution in [2.75, 3.05) is 0 Å². The summed E-state index contributed by atoms with van der Waals surface area (Å²) in [6.07, 6.45) is 3.81. The van der Waals surface area contributed by atoms with Crippen molar-refractivity contribution in [3.8, 4) is 44.5 Å². The van der Waals surface area contributed by atoms with Crippen molar-refractivity contribution in [2.45, 2.75) is 19.3 Å². The first kappa shape index (κ1) is 36.0. The molecule has 0 bridgehead atoms. The molecule has 0 atom stereocenters. The van der Waals surface area contributed by atoms with Crippen LogP contribution in [0.3, 0.4) is 0 Å². The first-order chi connectivity index (χ1) is 28.9. The molecule has 280 valence electrons. The van der Waals surface area contributed by atoms with Crippen LogP contribution in [-0.2, 0) is 5.41 Å². The zero-order chi connectivity index (χ0) is 39.9. The molecular weight excluding hydrogens is 713 g/mol. The Balaban J connectivity index is 0.987. The molecule has 0 spiro atoms. The van der Waals surface area contributed by atoms with Crippen molar-refractivity contribution >= 4 is 39.2 Å². The van der Waals surface area contributed by atoms with Gasteiger partial charge in [-0.2, -0.15) is 0 Å². The summed E-state index contributed by atoms with van der Waals surface area (Å²) in [4.78, 5) is 5.10. The SMILES string of the molecule is CC1(C)c2cc3ccccc3cc2-c2cccc(-c3ccc(-c4ccc(C=N/C(=C\C(=N)c5ccccc5)c5ccc(-c6ccccc6)cc5)c5ccccc45)cc3)c21. The number of aliphatic imine (C=N–C) groups is 1. The number of nitrogens with one attached hydrogen (secondary N) is 1. The average Bonchev–Trinajstić information content (AvgIpc) is 3.52. The fourth-order valence-electron chi connectivity index (χ4n) is 8.96. The van der Waals surface area contributed by atoms with Crippen LogP contribution < -0.4 is 0 Å². The second-order valence-electron chi connectivity index (χ2n) is 15.9. The monoisotopic (exact) mass is 754 g/mol. The van der Waals surface area contributed by atoms with Crippen LogP contribution in [0.25, 0.3) is 71.7 Å². The third kappa shape index (κ3) is 6.59. The van der Waals surface area contributed by atoms with Gasteiger partial charge in [0.15, 0.2) is 0 Å². The van der Waals surface area contributed by atoms with Crippen molar-refractivity contribution < 1.29 is 0 Å². The number of allylic oxidation sites excluding steroid dienone is 1. The lowest BCUT2D eigenvalue weighted by Gasteiger charge is -2.25. The zero-order valence-corrected chi connectivity index (χ0v) is 33.2. The molecule has 0 aliphatic heterocycles. The number of rotatable bonds is 8. The highest BCUT2D eigenvalue weighted by Gasteiger charge is 2.37. The molecule has 0 amide bonds. The molecule has 0 unspecified atom stereocenters. The van der Waals surface area contributed by atoms with Gasteiger partial charge in [-0.1, -0.05) is 202 Å². The molecule has 1 N–H and O–H groups in total. The summed E-state index contributed by atoms with van der Waals surface area (Å²) in [5.41, 5.74) is 16.5. The summed E-state index contributed by atoms with van der Waals surface area (Å²) in [5, 5.41) is 13.8. The maximum Gasteiger partial charge on any atom is 0.0723 e. The van der Waals surface area contributed by atoms with Crippen molar-refractivity contribution in [2.24, 2.45) is 4.99 Å². The molecule has 9 aromatic rings. The van der Waals surface area contributed by atoms with E-state index in [4.69, 9.17) is 10.4 Å². The predicted molar refractivity (Wildman–Crippen MR) is 251 cm³/mol. The molecule has 1 aliphatic carbocycles. The second kappa shape index (κ2) is 14.8. The first-order valence-corrected chi connectivity index (χ1v) is 20.3. The van der Waals surface area contributed by atoms with Crippen LogP contribution >= 0.6 is 0 Å². The van der Waals surface area contributed by atoms with E-state index in [1.54, 1.807) is 0 Å². The standard InChI is InChI=1S/C57H42N2/c1-57(2)53-35-45-19-10-9-18-44(45)34-52(53)51-23-13-22-49(56(51)57)41-28-26-40(27-29-41)48-33-32-46(47-20-11-12-21-50(47)48)37-59-55(36-54(58)42-16-7-4-8-17-42)43-30-24-39(25-31-43)38-14-5-3-6-15-38/h3-37,58H,1-2H3/b55-36-,58-54?,59-37?. The smallest absolute Gasteiger partial charge is 0.0723 e. The molecular formula is C57H42N2. The molecule has 2 nitrogen and oxygen atoms in total. The lowest BCUT2D eigenvalue weighted by atomic mass is 9.78. The lowest BCUT2D eigenvalue weighted by Crippen LogP contribution is -2.16. The quantitative estimate of drug-likeness (QED) is 0.150. The van der Waals surface area contributed by atoms with Crippen molar-refractivity contribution in [1.82, 2.24) is 0 Å². The van der Waals surface area contributed by atoms with Crippen molar-refractivity contribution in [1.29, 1.82) is 5.41 Å². The Bertz CT molecular complexity index is 3100. The van der Waals surface area contributed by atoms with Gasteiger partial charge in [0.05, 0.1) is 11.4 Å². The maximum atomic E-state index is 8.96. The summed E-state index contributed by atoms with van der Waals surface area (Å²) in [5.74, 6) is 0. The van der Waals surface area contributed by atoms with Crippen LogP contribution in [0.4, 0.5) is 0 Å². The fourth-order valence-corrected chi connectivity index (χ4v) is 8.96. The average molecular weight is 755 g/mol. The summed E-state index contributed by atoms with van der Waals surface area (Å²) in [7, 11) is 0. The van der Waals surface area contributed by atoms with E-state index in [0.29, 0.717) is 5.71 Å². The topological polar surface area (TPSA) is 36.2 Å². The molecule has 0 heterocycles. The van der Waals surface area contributed by atoms with Gasteiger partial charge in [-0.05, 0) is 101 Å². The van der Waals surface area contributed by atoms with E-state index < -0.39 is 0 Å². The Morgan fingerprint density at radius 3 is 1.76 bits per heavy atom. The van der Waals surface area contributed by atoms with Gasteiger partial charge in [0.1, 0.15) is 0 Å². The minimum absolute atomic E-state index is 0.125. The highest BCUT2D eigenvalue weighted by molar-refractivity contribution is 6.12. The van der Waals surface area contributed by atoms with Gasteiger partial charge in [0.2, 0.25) is 0 Å². The van der Waals surface area contributed by atoms with Gasteiger partial charge < -0.3 is 5.41 Å². The maximum absolute atomic E-state index is 8.96. The number of fused-ring (bicyclic) bond motifs is 5. The Morgan fingerprint density at radius 2 is 1.03 bits per heavy atom. The first-order valence-electron chi connectivity index (χ1n) is 20.3. The molecule has 0 aromatic heterocycles. The van der Waals surface area contributed by atoms with E-state index in [0.717, 1.165) is 33.3 Å². The Labute approximate surface area is 346 Å². The molecule has 0 saturated carbocycles. The van der Waals surface area contributed by atoms with Crippen LogP contribution in [0.5, 0.6) is 0 Å². The highest BCUT2D eigenvalue weighted by atomic mass is 14.7. The molecule has 9 aromatic carbocycles. The predicted octanol–water partition coefficient (Wildman–Crippen LogP) is 14.8. The van der Waals surface area contributed by atoms with Gasteiger partial charge in [-0.3, -0.25) is 4.99 Å². The zero-order valence-electron chi connectivity index (χ0n) is 33.2. The van der Waals surface area contributed by atoms with E-state index in [9.17, 15) is 0 Å². The van der Waals surface area contributed by atoms with Gasteiger partial charge in [0.25, 0.3) is 0 Å². The van der Waals surface area contributed by atoms with E-state index in [-0.39, 0.29) is 5.41 Å². The molecule has 0 fully saturated rings. The van der Waals surface area contributed by atoms with Crippen molar-refractivity contribution in [3.63, 3.8) is 0 Å². The molecule has 2 heteroatoms. The van der Waals surface area contributed by atoms with Gasteiger partial charge in [-0.25, -0.2) is 0 Å². The lowest BCUT2D eigenvalue weighted by molar-refractivity contribution is 0.663. The molecule has 59 heavy (non-hydrogen) atoms. The van der Waals surface area contributed by atoms with Crippen LogP contribution in [-0.4, -0.2) is 11.9 Å². The Morgan fingerprint density at radius 1 is 0.458 bits per heavy atom. The molecule has 1 aliphatic rings. The fraction of sp³-hybridized carbons (Fsp3) is 0.0526. The summed E-state index contributed by atoms with van der Waals surface area (Å²) in [6.45, 7) is 4.74. The van der Waals surface area contributed by atoms with Crippen LogP contribution in [0.1, 0.15) is 41.7 Å². The summed E-state index contributed by atoms with van der Waals surface area (Å²) < 4.78 is 0. The number of nitrogens with zero attached hydrogens (tertiary/aromatic N) is 1. The van der Waals surface area contributed by atoms with Crippen LogP contribution in [0.15, 0.2) is 211 Å². The van der Waals surface area contributed by atoms with E-state index in [1.807, 2.05) is 48.7 Å². The van der Waals surface area contributed by atoms with E-state index in [2.05, 4.69) is 178 Å². The van der Waals surface area contributed by atoms with Gasteiger partial charge in [0, 0.05) is 22.8 Å².